The number of aromatic amines is 1. The molecule has 0 unspecified atom stereocenters. The Hall–Kier alpha value is -0.670. The molecule has 1 aliphatic carbocycles. The molecule has 0 aromatic carbocycles. The highest BCUT2D eigenvalue weighted by molar-refractivity contribution is 7.71. The Balaban J connectivity index is 2.64. The van der Waals surface area contributed by atoms with Gasteiger partial charge in [-0.15, -0.1) is 0 Å². The molecular weight excluding hydrogens is 180 g/mol. The normalized spacial score (nSPS) is 18.7. The van der Waals surface area contributed by atoms with E-state index in [9.17, 15) is 0 Å². The average molecular weight is 194 g/mol. The van der Waals surface area contributed by atoms with Crippen molar-refractivity contribution in [2.24, 2.45) is 5.73 Å². The van der Waals surface area contributed by atoms with Gasteiger partial charge >= 0.3 is 0 Å². The summed E-state index contributed by atoms with van der Waals surface area (Å²) in [7, 11) is 0. The van der Waals surface area contributed by atoms with Crippen LogP contribution >= 0.6 is 12.2 Å². The molecule has 0 radical (unpaired) electrons. The van der Waals surface area contributed by atoms with Gasteiger partial charge in [-0.1, -0.05) is 12.2 Å². The minimum Gasteiger partial charge on any atom is -0.350 e. The lowest BCUT2D eigenvalue weighted by molar-refractivity contribution is 0.722. The highest BCUT2D eigenvalue weighted by Gasteiger charge is 2.42. The maximum absolute atomic E-state index is 6.13. The Morgan fingerprint density at radius 3 is 2.54 bits per heavy atom. The van der Waals surface area contributed by atoms with Gasteiger partial charge in [-0.3, -0.25) is 0 Å². The van der Waals surface area contributed by atoms with Crippen LogP contribution in [0.4, 0.5) is 0 Å². The molecule has 1 heterocycles. The third kappa shape index (κ3) is 1.42. The quantitative estimate of drug-likeness (QED) is 0.674. The minimum absolute atomic E-state index is 0.120. The molecule has 0 spiro atoms. The lowest BCUT2D eigenvalue weighted by Crippen LogP contribution is -2.21. The third-order valence-corrected chi connectivity index (χ3v) is 2.96. The lowest BCUT2D eigenvalue weighted by atomic mass is 10.0. The number of nitrogens with one attached hydrogen (secondary N) is 1. The van der Waals surface area contributed by atoms with Crippen molar-refractivity contribution in [3.05, 3.63) is 27.5 Å². The van der Waals surface area contributed by atoms with Crippen LogP contribution in [0.15, 0.2) is 6.07 Å². The Bertz CT molecular complexity index is 402. The fourth-order valence-electron chi connectivity index (χ4n) is 1.86. The number of aromatic nitrogens is 1. The largest absolute Gasteiger partial charge is 0.350 e. The molecule has 2 rings (SSSR count). The van der Waals surface area contributed by atoms with Crippen molar-refractivity contribution in [2.45, 2.75) is 32.2 Å². The Kier molecular flexibility index (Phi) is 1.82. The van der Waals surface area contributed by atoms with Crippen molar-refractivity contribution in [2.75, 3.05) is 0 Å². The zero-order chi connectivity index (χ0) is 9.64. The van der Waals surface area contributed by atoms with Gasteiger partial charge in [0.2, 0.25) is 0 Å². The molecule has 0 bridgehead atoms. The highest BCUT2D eigenvalue weighted by Crippen LogP contribution is 2.44. The predicted molar refractivity (Wildman–Crippen MR) is 56.2 cm³/mol. The molecule has 70 valence electrons. The second-order valence-electron chi connectivity index (χ2n) is 4.00. The molecule has 1 aliphatic rings. The Labute approximate surface area is 83.2 Å². The molecule has 3 heteroatoms. The molecule has 3 N–H and O–H groups in total. The zero-order valence-corrected chi connectivity index (χ0v) is 8.79. The summed E-state index contributed by atoms with van der Waals surface area (Å²) in [6.07, 6.45) is 2.13. The van der Waals surface area contributed by atoms with Crippen LogP contribution in [0.2, 0.25) is 0 Å². The summed E-state index contributed by atoms with van der Waals surface area (Å²) in [5.74, 6) is 0. The summed E-state index contributed by atoms with van der Waals surface area (Å²) < 4.78 is 0.817. The van der Waals surface area contributed by atoms with Gasteiger partial charge in [-0.2, -0.15) is 0 Å². The Morgan fingerprint density at radius 2 is 2.08 bits per heavy atom. The maximum atomic E-state index is 6.13. The van der Waals surface area contributed by atoms with Crippen molar-refractivity contribution in [3.63, 3.8) is 0 Å². The smallest absolute Gasteiger partial charge is 0.108 e. The van der Waals surface area contributed by atoms with Crippen molar-refractivity contribution in [1.29, 1.82) is 0 Å². The zero-order valence-electron chi connectivity index (χ0n) is 7.98. The second kappa shape index (κ2) is 2.66. The van der Waals surface area contributed by atoms with Crippen LogP contribution < -0.4 is 5.73 Å². The fraction of sp³-hybridized carbons (Fsp3) is 0.500. The number of H-pyrrole nitrogens is 1. The molecule has 0 aliphatic heterocycles. The number of rotatable bonds is 1. The van der Waals surface area contributed by atoms with Crippen LogP contribution in [0, 0.1) is 18.5 Å². The second-order valence-corrected chi connectivity index (χ2v) is 4.40. The van der Waals surface area contributed by atoms with E-state index < -0.39 is 0 Å². The number of hydrogen-bond acceptors (Lipinski definition) is 2. The van der Waals surface area contributed by atoms with E-state index in [4.69, 9.17) is 18.0 Å². The predicted octanol–water partition coefficient (Wildman–Crippen LogP) is 2.31. The van der Waals surface area contributed by atoms with Gasteiger partial charge in [0.05, 0.1) is 0 Å². The van der Waals surface area contributed by atoms with Crippen LogP contribution in [0.5, 0.6) is 0 Å². The minimum atomic E-state index is -0.120. The molecule has 1 fully saturated rings. The van der Waals surface area contributed by atoms with E-state index in [1.54, 1.807) is 0 Å². The number of nitrogens with two attached hydrogens (primary N) is 1. The van der Waals surface area contributed by atoms with Gasteiger partial charge in [0.25, 0.3) is 0 Å². The Morgan fingerprint density at radius 1 is 1.46 bits per heavy atom. The van der Waals surface area contributed by atoms with Gasteiger partial charge < -0.3 is 10.7 Å². The summed E-state index contributed by atoms with van der Waals surface area (Å²) in [4.78, 5) is 3.16. The third-order valence-electron chi connectivity index (χ3n) is 2.65. The van der Waals surface area contributed by atoms with Crippen LogP contribution in [0.25, 0.3) is 0 Å². The first kappa shape index (κ1) is 8.91. The molecule has 2 nitrogen and oxygen atoms in total. The molecule has 1 saturated carbocycles. The summed E-state index contributed by atoms with van der Waals surface area (Å²) in [5.41, 5.74) is 9.49. The van der Waals surface area contributed by atoms with Gasteiger partial charge in [0.15, 0.2) is 0 Å². The van der Waals surface area contributed by atoms with E-state index in [1.807, 2.05) is 6.92 Å². The molecule has 0 amide bonds. The van der Waals surface area contributed by atoms with Crippen molar-refractivity contribution in [3.8, 4) is 0 Å². The first-order valence-electron chi connectivity index (χ1n) is 4.53. The summed E-state index contributed by atoms with van der Waals surface area (Å²) in [6, 6.07) is 2.11. The molecule has 1 aromatic heterocycles. The first-order chi connectivity index (χ1) is 6.03. The van der Waals surface area contributed by atoms with Gasteiger partial charge in [-0.05, 0) is 38.3 Å². The van der Waals surface area contributed by atoms with Crippen LogP contribution in [0.1, 0.15) is 29.7 Å². The van der Waals surface area contributed by atoms with Gasteiger partial charge in [0, 0.05) is 16.8 Å². The SMILES string of the molecule is Cc1cc(C)c(C2(N)CC2)c(=S)[nH]1. The van der Waals surface area contributed by atoms with E-state index in [0.29, 0.717) is 0 Å². The van der Waals surface area contributed by atoms with Gasteiger partial charge in [0.1, 0.15) is 4.64 Å². The number of aryl methyl sites for hydroxylation is 2. The van der Waals surface area contributed by atoms with E-state index in [-0.39, 0.29) is 5.54 Å². The lowest BCUT2D eigenvalue weighted by Gasteiger charge is -2.13. The van der Waals surface area contributed by atoms with Crippen LogP contribution in [0.3, 0.4) is 0 Å². The molecule has 1 aromatic rings. The molecule has 0 atom stereocenters. The average Bonchev–Trinajstić information content (AvgIpc) is 2.65. The standard InChI is InChI=1S/C10H14N2S/c1-6-5-7(2)12-9(13)8(6)10(11)3-4-10/h5H,3-4,11H2,1-2H3,(H,12,13). The summed E-state index contributed by atoms with van der Waals surface area (Å²) >= 11 is 5.28. The van der Waals surface area contributed by atoms with Crippen molar-refractivity contribution in [1.82, 2.24) is 4.98 Å². The molecule has 0 saturated heterocycles. The van der Waals surface area contributed by atoms with Crippen LogP contribution in [-0.4, -0.2) is 4.98 Å². The summed E-state index contributed by atoms with van der Waals surface area (Å²) in [6.45, 7) is 4.10. The molecule has 13 heavy (non-hydrogen) atoms. The first-order valence-corrected chi connectivity index (χ1v) is 4.94. The molecular formula is C10H14N2S. The monoisotopic (exact) mass is 194 g/mol. The van der Waals surface area contributed by atoms with Crippen molar-refractivity contribution < 1.29 is 0 Å². The highest BCUT2D eigenvalue weighted by atomic mass is 32.1. The number of pyridine rings is 1. The van der Waals surface area contributed by atoms with E-state index in [0.717, 1.165) is 28.7 Å². The van der Waals surface area contributed by atoms with Gasteiger partial charge in [-0.25, -0.2) is 0 Å². The van der Waals surface area contributed by atoms with E-state index in [1.165, 1.54) is 5.56 Å². The summed E-state index contributed by atoms with van der Waals surface area (Å²) in [5, 5.41) is 0. The van der Waals surface area contributed by atoms with E-state index >= 15 is 0 Å². The maximum Gasteiger partial charge on any atom is 0.108 e. The van der Waals surface area contributed by atoms with Crippen LogP contribution in [-0.2, 0) is 5.54 Å². The number of hydrogen-bond donors (Lipinski definition) is 2. The van der Waals surface area contributed by atoms with Crippen molar-refractivity contribution >= 4 is 12.2 Å². The fourth-order valence-corrected chi connectivity index (χ4v) is 2.38. The topological polar surface area (TPSA) is 41.8 Å². The van der Waals surface area contributed by atoms with E-state index in [2.05, 4.69) is 18.0 Å².